The molecule has 16 heavy (non-hydrogen) atoms. The molecule has 0 aliphatic heterocycles. The summed E-state index contributed by atoms with van der Waals surface area (Å²) in [6, 6.07) is 7.51. The summed E-state index contributed by atoms with van der Waals surface area (Å²) in [6.07, 6.45) is 1.70. The van der Waals surface area contributed by atoms with Gasteiger partial charge in [-0.2, -0.15) is 0 Å². The lowest BCUT2D eigenvalue weighted by atomic mass is 10.1. The van der Waals surface area contributed by atoms with Crippen LogP contribution in [0.3, 0.4) is 0 Å². The van der Waals surface area contributed by atoms with Gasteiger partial charge in [-0.3, -0.25) is 4.99 Å². The largest absolute Gasteiger partial charge is 0.464 e. The number of carbonyl (C=O) groups excluding carboxylic acids is 1. The monoisotopic (exact) mass is 219 g/mol. The third-order valence-corrected chi connectivity index (χ3v) is 2.12. The standard InChI is InChI=1S/C13H17NO2/c1-4-16-13(15)11(3)14-9-12-7-5-6-10(2)8-12/h5-9,11H,4H2,1-3H3. The van der Waals surface area contributed by atoms with E-state index >= 15 is 0 Å². The van der Waals surface area contributed by atoms with E-state index in [0.29, 0.717) is 6.61 Å². The molecule has 86 valence electrons. The predicted molar refractivity (Wildman–Crippen MR) is 64.9 cm³/mol. The topological polar surface area (TPSA) is 38.7 Å². The molecule has 0 spiro atoms. The molecule has 3 heteroatoms. The first-order valence-electron chi connectivity index (χ1n) is 5.40. The lowest BCUT2D eigenvalue weighted by Crippen LogP contribution is -2.18. The molecule has 0 aromatic heterocycles. The summed E-state index contributed by atoms with van der Waals surface area (Å²) in [5, 5.41) is 0. The van der Waals surface area contributed by atoms with Gasteiger partial charge in [0.05, 0.1) is 6.61 Å². The summed E-state index contributed by atoms with van der Waals surface area (Å²) in [7, 11) is 0. The molecule has 0 N–H and O–H groups in total. The van der Waals surface area contributed by atoms with E-state index in [9.17, 15) is 4.79 Å². The molecule has 3 nitrogen and oxygen atoms in total. The fourth-order valence-electron chi connectivity index (χ4n) is 1.27. The number of hydrogen-bond acceptors (Lipinski definition) is 3. The Balaban J connectivity index is 2.63. The van der Waals surface area contributed by atoms with Crippen molar-refractivity contribution in [1.82, 2.24) is 0 Å². The number of aliphatic imine (C=N–C) groups is 1. The molecule has 0 aliphatic carbocycles. The molecule has 0 saturated heterocycles. The van der Waals surface area contributed by atoms with Crippen LogP contribution in [0.4, 0.5) is 0 Å². The number of aryl methyl sites for hydroxylation is 1. The van der Waals surface area contributed by atoms with E-state index in [4.69, 9.17) is 4.74 Å². The molecule has 0 aliphatic rings. The van der Waals surface area contributed by atoms with Gasteiger partial charge in [-0.25, -0.2) is 4.79 Å². The van der Waals surface area contributed by atoms with Gasteiger partial charge < -0.3 is 4.74 Å². The minimum absolute atomic E-state index is 0.286. The van der Waals surface area contributed by atoms with Crippen molar-refractivity contribution < 1.29 is 9.53 Å². The predicted octanol–water partition coefficient (Wildman–Crippen LogP) is 2.37. The zero-order valence-electron chi connectivity index (χ0n) is 9.93. The minimum Gasteiger partial charge on any atom is -0.464 e. The van der Waals surface area contributed by atoms with Crippen LogP contribution in [0.15, 0.2) is 29.3 Å². The molecule has 0 radical (unpaired) electrons. The van der Waals surface area contributed by atoms with Crippen LogP contribution in [0.2, 0.25) is 0 Å². The Labute approximate surface area is 96.2 Å². The zero-order chi connectivity index (χ0) is 12.0. The van der Waals surface area contributed by atoms with Crippen LogP contribution in [0, 0.1) is 6.92 Å². The van der Waals surface area contributed by atoms with Crippen LogP contribution in [0.5, 0.6) is 0 Å². The summed E-state index contributed by atoms with van der Waals surface area (Å²) in [4.78, 5) is 15.4. The summed E-state index contributed by atoms with van der Waals surface area (Å²) >= 11 is 0. The van der Waals surface area contributed by atoms with Crippen LogP contribution >= 0.6 is 0 Å². The van der Waals surface area contributed by atoms with Crippen LogP contribution in [-0.4, -0.2) is 24.8 Å². The highest BCUT2D eigenvalue weighted by molar-refractivity contribution is 5.83. The number of benzene rings is 1. The fourth-order valence-corrected chi connectivity index (χ4v) is 1.27. The number of ether oxygens (including phenoxy) is 1. The summed E-state index contributed by atoms with van der Waals surface area (Å²) in [5.74, 6) is -0.286. The van der Waals surface area contributed by atoms with Gasteiger partial charge in [0.1, 0.15) is 6.04 Å². The third kappa shape index (κ3) is 3.85. The van der Waals surface area contributed by atoms with E-state index in [1.165, 1.54) is 5.56 Å². The van der Waals surface area contributed by atoms with Crippen LogP contribution in [0.1, 0.15) is 25.0 Å². The Morgan fingerprint density at radius 1 is 1.56 bits per heavy atom. The van der Waals surface area contributed by atoms with Crippen LogP contribution in [0.25, 0.3) is 0 Å². The first kappa shape index (κ1) is 12.4. The van der Waals surface area contributed by atoms with E-state index in [-0.39, 0.29) is 5.97 Å². The molecule has 0 saturated carbocycles. The van der Waals surface area contributed by atoms with Gasteiger partial charge in [0, 0.05) is 6.21 Å². The Hall–Kier alpha value is -1.64. The SMILES string of the molecule is CCOC(=O)C(C)N=Cc1cccc(C)c1. The average molecular weight is 219 g/mol. The van der Waals surface area contributed by atoms with Crippen molar-refractivity contribution in [3.05, 3.63) is 35.4 Å². The second kappa shape index (κ2) is 6.05. The molecule has 0 bridgehead atoms. The van der Waals surface area contributed by atoms with Crippen LogP contribution in [-0.2, 0) is 9.53 Å². The van der Waals surface area contributed by atoms with Crippen molar-refractivity contribution in [3.8, 4) is 0 Å². The number of rotatable bonds is 4. The Kier molecular flexibility index (Phi) is 4.70. The Bertz CT molecular complexity index is 385. The Morgan fingerprint density at radius 3 is 2.94 bits per heavy atom. The third-order valence-electron chi connectivity index (χ3n) is 2.12. The fraction of sp³-hybridized carbons (Fsp3) is 0.385. The molecule has 0 heterocycles. The van der Waals surface area contributed by atoms with Gasteiger partial charge in [-0.15, -0.1) is 0 Å². The number of carbonyl (C=O) groups is 1. The molecular formula is C13H17NO2. The maximum Gasteiger partial charge on any atom is 0.330 e. The second-order valence-corrected chi connectivity index (χ2v) is 3.62. The van der Waals surface area contributed by atoms with E-state index in [0.717, 1.165) is 5.56 Å². The van der Waals surface area contributed by atoms with Crippen LogP contribution < -0.4 is 0 Å². The highest BCUT2D eigenvalue weighted by Gasteiger charge is 2.10. The minimum atomic E-state index is -0.444. The Morgan fingerprint density at radius 2 is 2.31 bits per heavy atom. The van der Waals surface area contributed by atoms with Gasteiger partial charge in [-0.05, 0) is 26.3 Å². The molecule has 1 aromatic rings. The van der Waals surface area contributed by atoms with Crippen molar-refractivity contribution in [2.75, 3.05) is 6.61 Å². The highest BCUT2D eigenvalue weighted by atomic mass is 16.5. The van der Waals surface area contributed by atoms with Crippen molar-refractivity contribution in [3.63, 3.8) is 0 Å². The molecule has 0 amide bonds. The summed E-state index contributed by atoms with van der Waals surface area (Å²) in [5.41, 5.74) is 2.17. The molecule has 1 unspecified atom stereocenters. The first-order chi connectivity index (χ1) is 7.63. The van der Waals surface area contributed by atoms with Crippen molar-refractivity contribution in [2.24, 2.45) is 4.99 Å². The second-order valence-electron chi connectivity index (χ2n) is 3.62. The van der Waals surface area contributed by atoms with Gasteiger partial charge in [-0.1, -0.05) is 29.8 Å². The van der Waals surface area contributed by atoms with Crippen molar-refractivity contribution in [2.45, 2.75) is 26.8 Å². The number of hydrogen-bond donors (Lipinski definition) is 0. The smallest absolute Gasteiger partial charge is 0.330 e. The van der Waals surface area contributed by atoms with Gasteiger partial charge >= 0.3 is 5.97 Å². The molecule has 1 aromatic carbocycles. The number of nitrogens with zero attached hydrogens (tertiary/aromatic N) is 1. The average Bonchev–Trinajstić information content (AvgIpc) is 2.26. The number of esters is 1. The molecule has 0 fully saturated rings. The van der Waals surface area contributed by atoms with E-state index in [1.807, 2.05) is 31.2 Å². The van der Waals surface area contributed by atoms with E-state index in [1.54, 1.807) is 20.1 Å². The van der Waals surface area contributed by atoms with Gasteiger partial charge in [0.25, 0.3) is 0 Å². The van der Waals surface area contributed by atoms with Gasteiger partial charge in [0.15, 0.2) is 0 Å². The quantitative estimate of drug-likeness (QED) is 0.576. The molecular weight excluding hydrogens is 202 g/mol. The zero-order valence-corrected chi connectivity index (χ0v) is 9.93. The van der Waals surface area contributed by atoms with Gasteiger partial charge in [0.2, 0.25) is 0 Å². The maximum absolute atomic E-state index is 11.3. The highest BCUT2D eigenvalue weighted by Crippen LogP contribution is 2.02. The molecule has 1 atom stereocenters. The lowest BCUT2D eigenvalue weighted by Gasteiger charge is -2.04. The van der Waals surface area contributed by atoms with Crippen molar-refractivity contribution in [1.29, 1.82) is 0 Å². The summed E-state index contributed by atoms with van der Waals surface area (Å²) < 4.78 is 4.86. The van der Waals surface area contributed by atoms with E-state index < -0.39 is 6.04 Å². The van der Waals surface area contributed by atoms with E-state index in [2.05, 4.69) is 4.99 Å². The normalized spacial score (nSPS) is 12.7. The van der Waals surface area contributed by atoms with Crippen molar-refractivity contribution >= 4 is 12.2 Å². The maximum atomic E-state index is 11.3. The lowest BCUT2D eigenvalue weighted by molar-refractivity contribution is -0.144. The summed E-state index contributed by atoms with van der Waals surface area (Å²) in [6.45, 7) is 5.93. The first-order valence-corrected chi connectivity index (χ1v) is 5.40. The molecule has 1 rings (SSSR count).